The molecular formula is C14H20N4S2. The van der Waals surface area contributed by atoms with Crippen LogP contribution < -0.4 is 5.32 Å². The zero-order valence-electron chi connectivity index (χ0n) is 11.5. The molecule has 1 N–H and O–H groups in total. The summed E-state index contributed by atoms with van der Waals surface area (Å²) in [5.74, 6) is 2.22. The molecule has 0 spiro atoms. The fourth-order valence-corrected chi connectivity index (χ4v) is 3.96. The molecular weight excluding hydrogens is 288 g/mol. The molecule has 108 valence electrons. The van der Waals surface area contributed by atoms with E-state index in [9.17, 15) is 0 Å². The Morgan fingerprint density at radius 1 is 1.30 bits per heavy atom. The molecule has 0 fully saturated rings. The van der Waals surface area contributed by atoms with Crippen LogP contribution in [0, 0.1) is 0 Å². The summed E-state index contributed by atoms with van der Waals surface area (Å²) in [7, 11) is 0. The third-order valence-electron chi connectivity index (χ3n) is 3.46. The smallest absolute Gasteiger partial charge is 0.191 e. The molecule has 0 amide bonds. The molecule has 0 aliphatic carbocycles. The predicted octanol–water partition coefficient (Wildman–Crippen LogP) is 2.95. The van der Waals surface area contributed by atoms with E-state index in [-0.39, 0.29) is 0 Å². The van der Waals surface area contributed by atoms with Gasteiger partial charge in [0.1, 0.15) is 5.82 Å². The van der Waals surface area contributed by atoms with Gasteiger partial charge in [-0.15, -0.1) is 21.5 Å². The monoisotopic (exact) mass is 308 g/mol. The zero-order chi connectivity index (χ0) is 13.6. The SMILES string of the molecule is c1csc(CNCCSc2nnc3n2CCCCC3)c1. The van der Waals surface area contributed by atoms with Gasteiger partial charge in [-0.05, 0) is 24.3 Å². The summed E-state index contributed by atoms with van der Waals surface area (Å²) in [6, 6.07) is 4.27. The first-order valence-electron chi connectivity index (χ1n) is 7.21. The van der Waals surface area contributed by atoms with Crippen LogP contribution >= 0.6 is 23.1 Å². The molecule has 0 saturated carbocycles. The number of hydrogen-bond donors (Lipinski definition) is 1. The van der Waals surface area contributed by atoms with Gasteiger partial charge in [0.2, 0.25) is 0 Å². The summed E-state index contributed by atoms with van der Waals surface area (Å²) < 4.78 is 2.32. The van der Waals surface area contributed by atoms with Gasteiger partial charge in [0.25, 0.3) is 0 Å². The number of thiophene rings is 1. The maximum Gasteiger partial charge on any atom is 0.191 e. The lowest BCUT2D eigenvalue weighted by Crippen LogP contribution is -2.16. The number of nitrogens with one attached hydrogen (secondary N) is 1. The number of nitrogens with zero attached hydrogens (tertiary/aromatic N) is 3. The van der Waals surface area contributed by atoms with Crippen LogP contribution in [-0.4, -0.2) is 27.1 Å². The maximum atomic E-state index is 4.34. The second-order valence-electron chi connectivity index (χ2n) is 4.97. The van der Waals surface area contributed by atoms with Crippen molar-refractivity contribution in [2.75, 3.05) is 12.3 Å². The van der Waals surface area contributed by atoms with E-state index in [1.54, 1.807) is 11.3 Å². The van der Waals surface area contributed by atoms with Crippen molar-refractivity contribution in [1.29, 1.82) is 0 Å². The number of fused-ring (bicyclic) bond motifs is 1. The maximum absolute atomic E-state index is 4.34. The fraction of sp³-hybridized carbons (Fsp3) is 0.571. The molecule has 3 heterocycles. The van der Waals surface area contributed by atoms with Crippen molar-refractivity contribution in [3.63, 3.8) is 0 Å². The van der Waals surface area contributed by atoms with E-state index in [1.807, 2.05) is 11.8 Å². The minimum atomic E-state index is 0.968. The molecule has 0 bridgehead atoms. The van der Waals surface area contributed by atoms with E-state index in [4.69, 9.17) is 0 Å². The Morgan fingerprint density at radius 3 is 3.20 bits per heavy atom. The van der Waals surface area contributed by atoms with E-state index in [0.29, 0.717) is 0 Å². The minimum Gasteiger partial charge on any atom is -0.311 e. The molecule has 0 saturated heterocycles. The average molecular weight is 308 g/mol. The number of aromatic nitrogens is 3. The number of thioether (sulfide) groups is 1. The predicted molar refractivity (Wildman–Crippen MR) is 84.3 cm³/mol. The highest BCUT2D eigenvalue weighted by molar-refractivity contribution is 7.99. The van der Waals surface area contributed by atoms with Crippen LogP contribution in [0.3, 0.4) is 0 Å². The lowest BCUT2D eigenvalue weighted by Gasteiger charge is -2.06. The molecule has 0 unspecified atom stereocenters. The quantitative estimate of drug-likeness (QED) is 0.658. The number of hydrogen-bond acceptors (Lipinski definition) is 5. The van der Waals surface area contributed by atoms with Crippen molar-refractivity contribution < 1.29 is 0 Å². The first-order chi connectivity index (χ1) is 9.93. The fourth-order valence-electron chi connectivity index (χ4n) is 2.40. The van der Waals surface area contributed by atoms with Crippen molar-refractivity contribution in [3.05, 3.63) is 28.2 Å². The van der Waals surface area contributed by atoms with Gasteiger partial charge in [0, 0.05) is 36.7 Å². The molecule has 0 atom stereocenters. The molecule has 2 aromatic heterocycles. The van der Waals surface area contributed by atoms with E-state index < -0.39 is 0 Å². The van der Waals surface area contributed by atoms with Crippen LogP contribution in [-0.2, 0) is 19.5 Å². The van der Waals surface area contributed by atoms with E-state index >= 15 is 0 Å². The van der Waals surface area contributed by atoms with Gasteiger partial charge in [-0.1, -0.05) is 24.2 Å². The van der Waals surface area contributed by atoms with Crippen LogP contribution in [0.4, 0.5) is 0 Å². The molecule has 1 aliphatic heterocycles. The molecule has 3 rings (SSSR count). The van der Waals surface area contributed by atoms with Crippen LogP contribution in [0.5, 0.6) is 0 Å². The van der Waals surface area contributed by atoms with Crippen molar-refractivity contribution in [2.45, 2.75) is 43.9 Å². The summed E-state index contributed by atoms with van der Waals surface area (Å²) in [5, 5.41) is 15.4. The molecule has 0 aromatic carbocycles. The summed E-state index contributed by atoms with van der Waals surface area (Å²) in [5.41, 5.74) is 0. The normalized spacial score (nSPS) is 15.0. The number of rotatable bonds is 6. The van der Waals surface area contributed by atoms with Gasteiger partial charge < -0.3 is 9.88 Å². The second kappa shape index (κ2) is 7.24. The van der Waals surface area contributed by atoms with Crippen LogP contribution in [0.25, 0.3) is 0 Å². The highest BCUT2D eigenvalue weighted by Gasteiger charge is 2.14. The van der Waals surface area contributed by atoms with Gasteiger partial charge in [-0.2, -0.15) is 0 Å². The highest BCUT2D eigenvalue weighted by Crippen LogP contribution is 2.21. The lowest BCUT2D eigenvalue weighted by atomic mass is 10.2. The Bertz CT molecular complexity index is 521. The zero-order valence-corrected chi connectivity index (χ0v) is 13.2. The first kappa shape index (κ1) is 14.1. The van der Waals surface area contributed by atoms with Crippen LogP contribution in [0.1, 0.15) is 30.0 Å². The van der Waals surface area contributed by atoms with E-state index in [2.05, 4.69) is 37.6 Å². The van der Waals surface area contributed by atoms with Gasteiger partial charge in [0.15, 0.2) is 5.16 Å². The largest absolute Gasteiger partial charge is 0.311 e. The van der Waals surface area contributed by atoms with Gasteiger partial charge >= 0.3 is 0 Å². The van der Waals surface area contributed by atoms with Gasteiger partial charge in [-0.3, -0.25) is 0 Å². The Morgan fingerprint density at radius 2 is 2.30 bits per heavy atom. The van der Waals surface area contributed by atoms with Crippen LogP contribution in [0.15, 0.2) is 22.7 Å². The Hall–Kier alpha value is -0.850. The summed E-state index contributed by atoms with van der Waals surface area (Å²) in [6.07, 6.45) is 4.92. The van der Waals surface area contributed by atoms with E-state index in [0.717, 1.165) is 37.0 Å². The van der Waals surface area contributed by atoms with E-state index in [1.165, 1.54) is 30.0 Å². The molecule has 6 heteroatoms. The Kier molecular flexibility index (Phi) is 5.11. The molecule has 0 radical (unpaired) electrons. The van der Waals surface area contributed by atoms with Crippen molar-refractivity contribution >= 4 is 23.1 Å². The molecule has 4 nitrogen and oxygen atoms in total. The molecule has 20 heavy (non-hydrogen) atoms. The Labute approximate surface area is 128 Å². The standard InChI is InChI=1S/C14H20N4S2/c1-2-6-13-16-17-14(18(13)8-3-1)20-10-7-15-11-12-5-4-9-19-12/h4-5,9,15H,1-3,6-8,10-11H2. The highest BCUT2D eigenvalue weighted by atomic mass is 32.2. The third-order valence-corrected chi connectivity index (χ3v) is 5.31. The van der Waals surface area contributed by atoms with Gasteiger partial charge in [0.05, 0.1) is 0 Å². The minimum absolute atomic E-state index is 0.968. The lowest BCUT2D eigenvalue weighted by molar-refractivity contribution is 0.590. The summed E-state index contributed by atoms with van der Waals surface area (Å²) in [6.45, 7) is 3.06. The topological polar surface area (TPSA) is 42.7 Å². The Balaban J connectivity index is 1.43. The van der Waals surface area contributed by atoms with Crippen molar-refractivity contribution in [2.24, 2.45) is 0 Å². The first-order valence-corrected chi connectivity index (χ1v) is 9.08. The van der Waals surface area contributed by atoms with Gasteiger partial charge in [-0.25, -0.2) is 0 Å². The molecule has 1 aliphatic rings. The summed E-state index contributed by atoms with van der Waals surface area (Å²) >= 11 is 3.62. The van der Waals surface area contributed by atoms with Crippen molar-refractivity contribution in [3.8, 4) is 0 Å². The third kappa shape index (κ3) is 3.62. The molecule has 2 aromatic rings. The van der Waals surface area contributed by atoms with Crippen molar-refractivity contribution in [1.82, 2.24) is 20.1 Å². The summed E-state index contributed by atoms with van der Waals surface area (Å²) in [4.78, 5) is 1.39. The average Bonchev–Trinajstić information content (AvgIpc) is 3.04. The number of aryl methyl sites for hydroxylation is 1. The van der Waals surface area contributed by atoms with Crippen LogP contribution in [0.2, 0.25) is 0 Å². The second-order valence-corrected chi connectivity index (χ2v) is 7.06.